The van der Waals surface area contributed by atoms with Crippen molar-refractivity contribution in [2.24, 2.45) is 0 Å². The minimum Gasteiger partial charge on any atom is -0.462 e. The van der Waals surface area contributed by atoms with Gasteiger partial charge in [0.15, 0.2) is 0 Å². The molecular weight excluding hydrogens is 300 g/mol. The summed E-state index contributed by atoms with van der Waals surface area (Å²) in [7, 11) is 0. The van der Waals surface area contributed by atoms with Crippen LogP contribution < -0.4 is 0 Å². The molecule has 2 N–H and O–H groups in total. The van der Waals surface area contributed by atoms with Crippen LogP contribution in [0.5, 0.6) is 0 Å². The molecule has 3 atom stereocenters. The Labute approximate surface area is 139 Å². The minimum absolute atomic E-state index is 0.00487. The van der Waals surface area contributed by atoms with Crippen LogP contribution in [0.15, 0.2) is 0 Å². The number of esters is 1. The number of rotatable bonds is 10. The lowest BCUT2D eigenvalue weighted by atomic mass is 10.1. The van der Waals surface area contributed by atoms with Gasteiger partial charge in [0, 0.05) is 12.8 Å². The van der Waals surface area contributed by atoms with Crippen molar-refractivity contribution >= 4 is 17.5 Å². The van der Waals surface area contributed by atoms with Crippen LogP contribution in [0.25, 0.3) is 0 Å². The Kier molecular flexibility index (Phi) is 14.9. The SMILES string of the molecule is CCC(O)CC(=O)OC(CC)CC(C)=O.CCC(O)CC(C)=O. The summed E-state index contributed by atoms with van der Waals surface area (Å²) in [6.45, 7) is 8.46. The summed E-state index contributed by atoms with van der Waals surface area (Å²) in [5.74, 6) is -0.373. The molecule has 0 amide bonds. The molecule has 0 aromatic heterocycles. The highest BCUT2D eigenvalue weighted by molar-refractivity contribution is 5.77. The summed E-state index contributed by atoms with van der Waals surface area (Å²) in [5.41, 5.74) is 0. The van der Waals surface area contributed by atoms with Crippen molar-refractivity contribution in [1.29, 1.82) is 0 Å². The molecule has 136 valence electrons. The summed E-state index contributed by atoms with van der Waals surface area (Å²) in [4.78, 5) is 32.4. The van der Waals surface area contributed by atoms with Gasteiger partial charge in [-0.05, 0) is 33.1 Å². The third-order valence-corrected chi connectivity index (χ3v) is 3.14. The highest BCUT2D eigenvalue weighted by atomic mass is 16.5. The van der Waals surface area contributed by atoms with Crippen molar-refractivity contribution in [1.82, 2.24) is 0 Å². The molecular formula is C17H32O6. The van der Waals surface area contributed by atoms with Crippen LogP contribution in [-0.2, 0) is 19.1 Å². The lowest BCUT2D eigenvalue weighted by Gasteiger charge is -2.15. The summed E-state index contributed by atoms with van der Waals surface area (Å²) in [5, 5.41) is 18.0. The van der Waals surface area contributed by atoms with Gasteiger partial charge in [0.25, 0.3) is 0 Å². The van der Waals surface area contributed by atoms with E-state index in [0.717, 1.165) is 0 Å². The molecule has 0 radical (unpaired) electrons. The number of ketones is 2. The number of carbonyl (C=O) groups is 3. The predicted octanol–water partition coefficient (Wildman–Crippen LogP) is 2.18. The molecule has 0 aliphatic carbocycles. The molecule has 6 nitrogen and oxygen atoms in total. The molecule has 0 aromatic rings. The van der Waals surface area contributed by atoms with Crippen LogP contribution in [0.2, 0.25) is 0 Å². The lowest BCUT2D eigenvalue weighted by Crippen LogP contribution is -2.23. The Morgan fingerprint density at radius 2 is 1.22 bits per heavy atom. The zero-order chi connectivity index (χ0) is 18.4. The molecule has 0 saturated heterocycles. The second-order valence-corrected chi connectivity index (χ2v) is 5.66. The predicted molar refractivity (Wildman–Crippen MR) is 88.0 cm³/mol. The zero-order valence-corrected chi connectivity index (χ0v) is 15.0. The molecule has 0 spiro atoms. The molecule has 0 rings (SSSR count). The fourth-order valence-electron chi connectivity index (χ4n) is 1.64. The molecule has 23 heavy (non-hydrogen) atoms. The Morgan fingerprint density at radius 1 is 0.783 bits per heavy atom. The third-order valence-electron chi connectivity index (χ3n) is 3.14. The van der Waals surface area contributed by atoms with E-state index in [-0.39, 0.29) is 30.5 Å². The van der Waals surface area contributed by atoms with Crippen molar-refractivity contribution in [2.45, 2.75) is 91.5 Å². The van der Waals surface area contributed by atoms with Crippen molar-refractivity contribution in [2.75, 3.05) is 0 Å². The first-order valence-corrected chi connectivity index (χ1v) is 8.20. The van der Waals surface area contributed by atoms with Crippen molar-refractivity contribution in [3.8, 4) is 0 Å². The molecule has 0 aliphatic heterocycles. The monoisotopic (exact) mass is 332 g/mol. The Hall–Kier alpha value is -1.27. The van der Waals surface area contributed by atoms with E-state index in [1.807, 2.05) is 13.8 Å². The fraction of sp³-hybridized carbons (Fsp3) is 0.824. The van der Waals surface area contributed by atoms with E-state index in [0.29, 0.717) is 25.7 Å². The maximum atomic E-state index is 11.3. The van der Waals surface area contributed by atoms with Crippen molar-refractivity contribution < 1.29 is 29.3 Å². The summed E-state index contributed by atoms with van der Waals surface area (Å²) < 4.78 is 5.06. The second kappa shape index (κ2) is 14.3. The number of hydrogen-bond acceptors (Lipinski definition) is 6. The average molecular weight is 332 g/mol. The normalized spacial score (nSPS) is 14.0. The van der Waals surface area contributed by atoms with Gasteiger partial charge in [0.2, 0.25) is 0 Å². The number of aliphatic hydroxyl groups is 2. The van der Waals surface area contributed by atoms with Crippen LogP contribution in [0, 0.1) is 0 Å². The standard InChI is InChI=1S/C11H20O4.C6H12O2/c1-4-9(13)7-11(14)15-10(5-2)6-8(3)12;1-3-6(8)4-5(2)7/h9-10,13H,4-7H2,1-3H3;6,8H,3-4H2,1-2H3. The highest BCUT2D eigenvalue weighted by Gasteiger charge is 2.16. The van der Waals surface area contributed by atoms with Gasteiger partial charge in [-0.15, -0.1) is 0 Å². The Bertz CT molecular complexity index is 353. The van der Waals surface area contributed by atoms with Gasteiger partial charge in [-0.25, -0.2) is 0 Å². The molecule has 0 aliphatic rings. The van der Waals surface area contributed by atoms with E-state index in [1.165, 1.54) is 13.8 Å². The average Bonchev–Trinajstić information content (AvgIpc) is 2.45. The van der Waals surface area contributed by atoms with E-state index < -0.39 is 18.2 Å². The Balaban J connectivity index is 0. The molecule has 0 aromatic carbocycles. The van der Waals surface area contributed by atoms with E-state index in [2.05, 4.69) is 0 Å². The van der Waals surface area contributed by atoms with Crippen LogP contribution >= 0.6 is 0 Å². The molecule has 6 heteroatoms. The van der Waals surface area contributed by atoms with Crippen molar-refractivity contribution in [3.63, 3.8) is 0 Å². The molecule has 0 fully saturated rings. The number of ether oxygens (including phenoxy) is 1. The highest BCUT2D eigenvalue weighted by Crippen LogP contribution is 2.08. The third kappa shape index (κ3) is 16.9. The number of hydrogen-bond donors (Lipinski definition) is 2. The molecule has 0 saturated carbocycles. The quantitative estimate of drug-likeness (QED) is 0.595. The maximum absolute atomic E-state index is 11.3. The van der Waals surface area contributed by atoms with Crippen LogP contribution in [-0.4, -0.2) is 46.1 Å². The first kappa shape index (κ1) is 24.0. The van der Waals surface area contributed by atoms with Gasteiger partial charge in [-0.3, -0.25) is 14.4 Å². The topological polar surface area (TPSA) is 101 Å². The summed E-state index contributed by atoms with van der Waals surface area (Å²) in [6, 6.07) is 0. The van der Waals surface area contributed by atoms with Gasteiger partial charge < -0.3 is 14.9 Å². The number of aliphatic hydroxyl groups excluding tert-OH is 2. The zero-order valence-electron chi connectivity index (χ0n) is 15.0. The molecule has 0 bridgehead atoms. The van der Waals surface area contributed by atoms with Gasteiger partial charge in [-0.2, -0.15) is 0 Å². The van der Waals surface area contributed by atoms with Gasteiger partial charge in [0.1, 0.15) is 17.7 Å². The Morgan fingerprint density at radius 3 is 1.52 bits per heavy atom. The number of carbonyl (C=O) groups excluding carboxylic acids is 3. The summed E-state index contributed by atoms with van der Waals surface area (Å²) in [6.07, 6.45) is 0.955. The van der Waals surface area contributed by atoms with Gasteiger partial charge in [-0.1, -0.05) is 20.8 Å². The minimum atomic E-state index is -0.646. The molecule has 0 heterocycles. The van der Waals surface area contributed by atoms with E-state index in [1.54, 1.807) is 6.92 Å². The smallest absolute Gasteiger partial charge is 0.308 e. The van der Waals surface area contributed by atoms with E-state index >= 15 is 0 Å². The van der Waals surface area contributed by atoms with Crippen molar-refractivity contribution in [3.05, 3.63) is 0 Å². The maximum Gasteiger partial charge on any atom is 0.308 e. The number of Topliss-reactive ketones (excluding diaryl/α,β-unsaturated/α-hetero) is 2. The lowest BCUT2D eigenvalue weighted by molar-refractivity contribution is -0.152. The second-order valence-electron chi connectivity index (χ2n) is 5.66. The first-order valence-electron chi connectivity index (χ1n) is 8.20. The van der Waals surface area contributed by atoms with E-state index in [9.17, 15) is 19.5 Å². The largest absolute Gasteiger partial charge is 0.462 e. The van der Waals surface area contributed by atoms with Crippen LogP contribution in [0.1, 0.15) is 73.1 Å². The molecule has 3 unspecified atom stereocenters. The fourth-order valence-corrected chi connectivity index (χ4v) is 1.64. The summed E-state index contributed by atoms with van der Waals surface area (Å²) >= 11 is 0. The van der Waals surface area contributed by atoms with Crippen LogP contribution in [0.4, 0.5) is 0 Å². The first-order chi connectivity index (χ1) is 10.7. The van der Waals surface area contributed by atoms with Gasteiger partial charge >= 0.3 is 5.97 Å². The van der Waals surface area contributed by atoms with Crippen LogP contribution in [0.3, 0.4) is 0 Å². The van der Waals surface area contributed by atoms with Gasteiger partial charge in [0.05, 0.1) is 18.6 Å². The van der Waals surface area contributed by atoms with E-state index in [4.69, 9.17) is 9.84 Å².